The van der Waals surface area contributed by atoms with Crippen LogP contribution in [0.4, 0.5) is 0 Å². The Labute approximate surface area is 117 Å². The van der Waals surface area contributed by atoms with Crippen LogP contribution < -0.4 is 16.4 Å². The third kappa shape index (κ3) is 3.94. The third-order valence-electron chi connectivity index (χ3n) is 2.89. The standard InChI is InChI=1S/C13H18ClN3O2/c1-13(12(15)19,17-11(18)6-7-16-2)9-4-3-5-10(14)8-9/h3-5,8,16H,6-7H2,1-2H3,(H2,15,19)(H,17,18). The van der Waals surface area contributed by atoms with Gasteiger partial charge in [0.25, 0.3) is 0 Å². The van der Waals surface area contributed by atoms with Crippen molar-refractivity contribution in [3.8, 4) is 0 Å². The van der Waals surface area contributed by atoms with Crippen LogP contribution in [-0.4, -0.2) is 25.4 Å². The lowest BCUT2D eigenvalue weighted by Crippen LogP contribution is -2.53. The van der Waals surface area contributed by atoms with Crippen LogP contribution in [0.1, 0.15) is 18.9 Å². The van der Waals surface area contributed by atoms with Crippen molar-refractivity contribution < 1.29 is 9.59 Å². The van der Waals surface area contributed by atoms with E-state index in [1.165, 1.54) is 0 Å². The van der Waals surface area contributed by atoms with E-state index in [1.54, 1.807) is 38.2 Å². The van der Waals surface area contributed by atoms with E-state index < -0.39 is 11.4 Å². The lowest BCUT2D eigenvalue weighted by molar-refractivity contribution is -0.131. The van der Waals surface area contributed by atoms with Gasteiger partial charge in [0.1, 0.15) is 5.54 Å². The number of hydrogen-bond acceptors (Lipinski definition) is 3. The number of carbonyl (C=O) groups excluding carboxylic acids is 2. The zero-order valence-electron chi connectivity index (χ0n) is 11.0. The molecule has 1 aromatic carbocycles. The van der Waals surface area contributed by atoms with Gasteiger partial charge in [-0.15, -0.1) is 0 Å². The first kappa shape index (κ1) is 15.5. The van der Waals surface area contributed by atoms with Crippen molar-refractivity contribution in [3.63, 3.8) is 0 Å². The summed E-state index contributed by atoms with van der Waals surface area (Å²) >= 11 is 5.90. The van der Waals surface area contributed by atoms with Crippen LogP contribution in [0.25, 0.3) is 0 Å². The van der Waals surface area contributed by atoms with E-state index in [0.29, 0.717) is 17.1 Å². The molecule has 1 rings (SSSR count). The number of carbonyl (C=O) groups is 2. The first-order valence-corrected chi connectivity index (χ1v) is 6.29. The minimum atomic E-state index is -1.27. The molecule has 0 fully saturated rings. The topological polar surface area (TPSA) is 84.2 Å². The summed E-state index contributed by atoms with van der Waals surface area (Å²) < 4.78 is 0. The molecule has 0 bridgehead atoms. The van der Waals surface area contributed by atoms with Crippen molar-refractivity contribution in [2.24, 2.45) is 5.73 Å². The minimum Gasteiger partial charge on any atom is -0.367 e. The SMILES string of the molecule is CNCCC(=O)NC(C)(C(N)=O)c1cccc(Cl)c1. The monoisotopic (exact) mass is 283 g/mol. The maximum absolute atomic E-state index is 11.8. The molecule has 2 amide bonds. The summed E-state index contributed by atoms with van der Waals surface area (Å²) in [5, 5.41) is 6.00. The van der Waals surface area contributed by atoms with E-state index in [2.05, 4.69) is 10.6 Å². The van der Waals surface area contributed by atoms with Gasteiger partial charge in [-0.05, 0) is 31.7 Å². The molecule has 104 valence electrons. The molecule has 0 aliphatic heterocycles. The van der Waals surface area contributed by atoms with Crippen LogP contribution in [0.5, 0.6) is 0 Å². The van der Waals surface area contributed by atoms with Crippen molar-refractivity contribution in [1.82, 2.24) is 10.6 Å². The van der Waals surface area contributed by atoms with Crippen LogP contribution in [0.3, 0.4) is 0 Å². The van der Waals surface area contributed by atoms with Gasteiger partial charge in [0.15, 0.2) is 0 Å². The van der Waals surface area contributed by atoms with Gasteiger partial charge in [0.05, 0.1) is 0 Å². The number of primary amides is 1. The summed E-state index contributed by atoms with van der Waals surface area (Å²) in [4.78, 5) is 23.5. The maximum Gasteiger partial charge on any atom is 0.247 e. The molecular weight excluding hydrogens is 266 g/mol. The molecule has 0 saturated heterocycles. The molecule has 19 heavy (non-hydrogen) atoms. The van der Waals surface area contributed by atoms with Gasteiger partial charge in [-0.25, -0.2) is 0 Å². The summed E-state index contributed by atoms with van der Waals surface area (Å²) in [6, 6.07) is 6.72. The highest BCUT2D eigenvalue weighted by molar-refractivity contribution is 6.30. The van der Waals surface area contributed by atoms with Gasteiger partial charge in [-0.3, -0.25) is 9.59 Å². The minimum absolute atomic E-state index is 0.254. The summed E-state index contributed by atoms with van der Waals surface area (Å²) in [5.74, 6) is -0.886. The Hall–Kier alpha value is -1.59. The Balaban J connectivity index is 2.98. The molecule has 6 heteroatoms. The maximum atomic E-state index is 11.8. The summed E-state index contributed by atoms with van der Waals surface area (Å²) in [6.07, 6.45) is 0.264. The van der Waals surface area contributed by atoms with Crippen molar-refractivity contribution in [2.75, 3.05) is 13.6 Å². The number of rotatable bonds is 6. The third-order valence-corrected chi connectivity index (χ3v) is 3.12. The summed E-state index contributed by atoms with van der Waals surface area (Å²) in [7, 11) is 1.75. The van der Waals surface area contributed by atoms with Gasteiger partial charge in [-0.2, -0.15) is 0 Å². The molecule has 1 unspecified atom stereocenters. The van der Waals surface area contributed by atoms with Gasteiger partial charge >= 0.3 is 0 Å². The predicted molar refractivity (Wildman–Crippen MR) is 74.7 cm³/mol. The van der Waals surface area contributed by atoms with Crippen LogP contribution >= 0.6 is 11.6 Å². The smallest absolute Gasteiger partial charge is 0.247 e. The fourth-order valence-corrected chi connectivity index (χ4v) is 1.85. The second-order valence-corrected chi connectivity index (χ2v) is 4.84. The molecule has 0 aliphatic carbocycles. The lowest BCUT2D eigenvalue weighted by atomic mass is 9.91. The molecule has 0 saturated carbocycles. The summed E-state index contributed by atoms with van der Waals surface area (Å²) in [6.45, 7) is 2.09. The van der Waals surface area contributed by atoms with E-state index >= 15 is 0 Å². The van der Waals surface area contributed by atoms with Crippen molar-refractivity contribution in [2.45, 2.75) is 18.9 Å². The molecule has 0 aromatic heterocycles. The van der Waals surface area contributed by atoms with E-state index in [4.69, 9.17) is 17.3 Å². The fraction of sp³-hybridized carbons (Fsp3) is 0.385. The molecular formula is C13H18ClN3O2. The molecule has 1 aromatic rings. The van der Waals surface area contributed by atoms with Crippen molar-refractivity contribution in [3.05, 3.63) is 34.9 Å². The number of nitrogens with two attached hydrogens (primary N) is 1. The van der Waals surface area contributed by atoms with Crippen LogP contribution in [-0.2, 0) is 15.1 Å². The average Bonchev–Trinajstić information content (AvgIpc) is 2.36. The zero-order chi connectivity index (χ0) is 14.5. The van der Waals surface area contributed by atoms with E-state index in [0.717, 1.165) is 0 Å². The quantitative estimate of drug-likeness (QED) is 0.721. The zero-order valence-corrected chi connectivity index (χ0v) is 11.8. The van der Waals surface area contributed by atoms with Crippen molar-refractivity contribution >= 4 is 23.4 Å². The number of amides is 2. The Morgan fingerprint density at radius 3 is 2.63 bits per heavy atom. The molecule has 5 nitrogen and oxygen atoms in total. The van der Waals surface area contributed by atoms with E-state index in [1.807, 2.05) is 0 Å². The second kappa shape index (κ2) is 6.54. The Morgan fingerprint density at radius 2 is 2.11 bits per heavy atom. The van der Waals surface area contributed by atoms with Crippen LogP contribution in [0.15, 0.2) is 24.3 Å². The first-order chi connectivity index (χ1) is 8.90. The van der Waals surface area contributed by atoms with Crippen LogP contribution in [0, 0.1) is 0 Å². The molecule has 0 spiro atoms. The van der Waals surface area contributed by atoms with Gasteiger partial charge in [0.2, 0.25) is 11.8 Å². The number of nitrogens with one attached hydrogen (secondary N) is 2. The second-order valence-electron chi connectivity index (χ2n) is 4.40. The molecule has 0 aliphatic rings. The van der Waals surface area contributed by atoms with Gasteiger partial charge < -0.3 is 16.4 Å². The largest absolute Gasteiger partial charge is 0.367 e. The molecule has 4 N–H and O–H groups in total. The Bertz CT molecular complexity index is 479. The molecule has 0 radical (unpaired) electrons. The highest BCUT2D eigenvalue weighted by atomic mass is 35.5. The van der Waals surface area contributed by atoms with Crippen molar-refractivity contribution in [1.29, 1.82) is 0 Å². The van der Waals surface area contributed by atoms with Gasteiger partial charge in [-0.1, -0.05) is 23.7 Å². The highest BCUT2D eigenvalue weighted by Crippen LogP contribution is 2.23. The normalized spacial score (nSPS) is 13.6. The number of hydrogen-bond donors (Lipinski definition) is 3. The molecule has 0 heterocycles. The predicted octanol–water partition coefficient (Wildman–Crippen LogP) is 0.766. The fourth-order valence-electron chi connectivity index (χ4n) is 1.66. The molecule has 1 atom stereocenters. The lowest BCUT2D eigenvalue weighted by Gasteiger charge is -2.28. The van der Waals surface area contributed by atoms with Crippen LogP contribution in [0.2, 0.25) is 5.02 Å². The Morgan fingerprint density at radius 1 is 1.42 bits per heavy atom. The first-order valence-electron chi connectivity index (χ1n) is 5.91. The number of halogens is 1. The summed E-state index contributed by atoms with van der Waals surface area (Å²) in [5.41, 5.74) is 4.71. The average molecular weight is 284 g/mol. The Kier molecular flexibility index (Phi) is 5.32. The highest BCUT2D eigenvalue weighted by Gasteiger charge is 2.34. The van der Waals surface area contributed by atoms with E-state index in [9.17, 15) is 9.59 Å². The van der Waals surface area contributed by atoms with Gasteiger partial charge in [0, 0.05) is 18.0 Å². The van der Waals surface area contributed by atoms with E-state index in [-0.39, 0.29) is 12.3 Å². The number of benzene rings is 1.